The molecule has 0 N–H and O–H groups in total. The number of methoxy groups -OCH3 is 1. The van der Waals surface area contributed by atoms with E-state index in [-0.39, 0.29) is 17.5 Å². The molecule has 3 aliphatic rings. The van der Waals surface area contributed by atoms with Crippen LogP contribution in [0.1, 0.15) is 68.9 Å². The highest BCUT2D eigenvalue weighted by molar-refractivity contribution is 14.1. The molecule has 5 rings (SSSR count). The maximum atomic E-state index is 13.6. The molecule has 0 fully saturated rings. The van der Waals surface area contributed by atoms with Crippen molar-refractivity contribution >= 4 is 50.1 Å². The van der Waals surface area contributed by atoms with E-state index in [9.17, 15) is 9.59 Å². The van der Waals surface area contributed by atoms with Gasteiger partial charge in [0.15, 0.2) is 23.1 Å². The number of nitrogens with zero attached hydrogens (tertiary/aromatic N) is 1. The number of ketones is 2. The predicted octanol–water partition coefficient (Wildman–Crippen LogP) is 7.48. The van der Waals surface area contributed by atoms with E-state index >= 15 is 0 Å². The second kappa shape index (κ2) is 13.2. The summed E-state index contributed by atoms with van der Waals surface area (Å²) in [5, 5.41) is 0. The molecular formula is C32H35BrINO5. The highest BCUT2D eigenvalue weighted by Crippen LogP contribution is 2.50. The first kappa shape index (κ1) is 29.3. The van der Waals surface area contributed by atoms with Gasteiger partial charge in [0.2, 0.25) is 0 Å². The van der Waals surface area contributed by atoms with Gasteiger partial charge < -0.3 is 19.1 Å². The summed E-state index contributed by atoms with van der Waals surface area (Å²) in [4.78, 5) is 29.5. The fourth-order valence-electron chi connectivity index (χ4n) is 6.11. The molecule has 6 nitrogen and oxygen atoms in total. The minimum atomic E-state index is -0.380. The average Bonchev–Trinajstić information content (AvgIpc) is 2.94. The van der Waals surface area contributed by atoms with Crippen LogP contribution in [-0.4, -0.2) is 43.3 Å². The van der Waals surface area contributed by atoms with Crippen molar-refractivity contribution in [1.29, 1.82) is 0 Å². The van der Waals surface area contributed by atoms with Crippen LogP contribution in [0.15, 0.2) is 63.4 Å². The van der Waals surface area contributed by atoms with E-state index in [0.29, 0.717) is 44.2 Å². The molecular weight excluding hydrogens is 685 g/mol. The summed E-state index contributed by atoms with van der Waals surface area (Å²) in [5.74, 6) is 1.22. The minimum absolute atomic E-state index is 0.148. The molecule has 0 amide bonds. The van der Waals surface area contributed by atoms with Gasteiger partial charge in [0.1, 0.15) is 6.61 Å². The number of Topliss-reactive ketones (excluding diaryl/α,β-unsaturated/α-hetero) is 2. The molecule has 2 aromatic carbocycles. The van der Waals surface area contributed by atoms with E-state index in [1.807, 2.05) is 37.3 Å². The molecule has 0 atom stereocenters. The normalized spacial score (nSPS) is 17.8. The van der Waals surface area contributed by atoms with Gasteiger partial charge in [0, 0.05) is 71.6 Å². The molecule has 2 aromatic rings. The van der Waals surface area contributed by atoms with Crippen molar-refractivity contribution in [2.75, 3.05) is 26.9 Å². The largest absolute Gasteiger partial charge is 0.490 e. The summed E-state index contributed by atoms with van der Waals surface area (Å²) in [5.41, 5.74) is 5.72. The first-order valence-electron chi connectivity index (χ1n) is 14.1. The molecule has 1 heterocycles. The number of carbonyl (C=O) groups is 2. The van der Waals surface area contributed by atoms with E-state index in [1.54, 1.807) is 7.11 Å². The van der Waals surface area contributed by atoms with Crippen molar-refractivity contribution in [3.8, 4) is 11.5 Å². The van der Waals surface area contributed by atoms with Crippen LogP contribution in [0.25, 0.3) is 0 Å². The molecule has 0 radical (unpaired) electrons. The van der Waals surface area contributed by atoms with Crippen LogP contribution in [0, 0.1) is 3.57 Å². The Balaban J connectivity index is 1.60. The Kier molecular flexibility index (Phi) is 9.68. The Morgan fingerprint density at radius 2 is 1.65 bits per heavy atom. The minimum Gasteiger partial charge on any atom is -0.490 e. The summed E-state index contributed by atoms with van der Waals surface area (Å²) < 4.78 is 19.6. The Hall–Kier alpha value is -2.17. The predicted molar refractivity (Wildman–Crippen MR) is 167 cm³/mol. The molecule has 0 unspecified atom stereocenters. The molecule has 0 bridgehead atoms. The zero-order chi connectivity index (χ0) is 28.2. The SMILES string of the molecule is CCOc1cc(C2C3=C(CCCC3=O)N(CCCOC)C3=C2C(=O)CCC3)cc(I)c1OCc1ccccc1Br. The van der Waals surface area contributed by atoms with Gasteiger partial charge in [0.25, 0.3) is 0 Å². The van der Waals surface area contributed by atoms with Crippen LogP contribution in [-0.2, 0) is 20.9 Å². The fraction of sp³-hybridized carbons (Fsp3) is 0.438. The molecule has 0 spiro atoms. The first-order valence-corrected chi connectivity index (χ1v) is 15.9. The summed E-state index contributed by atoms with van der Waals surface area (Å²) in [6, 6.07) is 12.1. The number of hydrogen-bond donors (Lipinski definition) is 0. The number of allylic oxidation sites excluding steroid dienone is 4. The van der Waals surface area contributed by atoms with E-state index in [0.717, 1.165) is 80.4 Å². The number of benzene rings is 2. The maximum absolute atomic E-state index is 13.6. The Bertz CT molecular complexity index is 1320. The molecule has 2 aliphatic carbocycles. The Labute approximate surface area is 258 Å². The number of carbonyl (C=O) groups excluding carboxylic acids is 2. The molecule has 1 aliphatic heterocycles. The highest BCUT2D eigenvalue weighted by Gasteiger charge is 2.43. The standard InChI is InChI=1S/C32H35BrINO5/c1-3-39-28-18-21(17-23(34)32(28)40-19-20-9-4-5-10-22(20)33)29-30-24(11-6-13-26(30)36)35(15-8-16-38-2)25-12-7-14-27(37)31(25)29/h4-5,9-10,17-18,29H,3,6-8,11-16,19H2,1-2H3. The summed E-state index contributed by atoms with van der Waals surface area (Å²) >= 11 is 5.89. The number of hydrogen-bond acceptors (Lipinski definition) is 6. The quantitative estimate of drug-likeness (QED) is 0.188. The second-order valence-electron chi connectivity index (χ2n) is 10.3. The Morgan fingerprint density at radius 3 is 2.27 bits per heavy atom. The Morgan fingerprint density at radius 1 is 0.975 bits per heavy atom. The lowest BCUT2D eigenvalue weighted by molar-refractivity contribution is -0.117. The van der Waals surface area contributed by atoms with E-state index < -0.39 is 0 Å². The summed E-state index contributed by atoms with van der Waals surface area (Å²) in [7, 11) is 1.71. The van der Waals surface area contributed by atoms with Gasteiger partial charge in [-0.1, -0.05) is 34.1 Å². The first-order chi connectivity index (χ1) is 19.4. The fourth-order valence-corrected chi connectivity index (χ4v) is 7.29. The van der Waals surface area contributed by atoms with Gasteiger partial charge in [-0.2, -0.15) is 0 Å². The van der Waals surface area contributed by atoms with Crippen LogP contribution >= 0.6 is 38.5 Å². The lowest BCUT2D eigenvalue weighted by Gasteiger charge is -2.44. The zero-order valence-electron chi connectivity index (χ0n) is 23.1. The molecule has 8 heteroatoms. The third-order valence-corrected chi connectivity index (χ3v) is 9.39. The average molecular weight is 720 g/mol. The van der Waals surface area contributed by atoms with Crippen molar-refractivity contribution < 1.29 is 23.8 Å². The smallest absolute Gasteiger partial charge is 0.174 e. The number of rotatable bonds is 10. The van der Waals surface area contributed by atoms with E-state index in [1.165, 1.54) is 0 Å². The van der Waals surface area contributed by atoms with E-state index in [2.05, 4.69) is 49.5 Å². The summed E-state index contributed by atoms with van der Waals surface area (Å²) in [6.45, 7) is 4.21. The van der Waals surface area contributed by atoms with Gasteiger partial charge >= 0.3 is 0 Å². The van der Waals surface area contributed by atoms with Gasteiger partial charge in [-0.3, -0.25) is 9.59 Å². The van der Waals surface area contributed by atoms with Gasteiger partial charge in [-0.05, 0) is 85.4 Å². The molecule has 0 saturated heterocycles. The zero-order valence-corrected chi connectivity index (χ0v) is 26.8. The van der Waals surface area contributed by atoms with Crippen molar-refractivity contribution in [2.45, 2.75) is 64.4 Å². The van der Waals surface area contributed by atoms with Crippen LogP contribution in [0.5, 0.6) is 11.5 Å². The third-order valence-electron chi connectivity index (χ3n) is 7.81. The van der Waals surface area contributed by atoms with Crippen molar-refractivity contribution in [3.05, 3.63) is 78.1 Å². The monoisotopic (exact) mass is 719 g/mol. The lowest BCUT2D eigenvalue weighted by Crippen LogP contribution is -2.39. The van der Waals surface area contributed by atoms with Crippen LogP contribution in [0.2, 0.25) is 0 Å². The van der Waals surface area contributed by atoms with Crippen molar-refractivity contribution in [2.24, 2.45) is 0 Å². The molecule has 212 valence electrons. The molecule has 0 saturated carbocycles. The van der Waals surface area contributed by atoms with Crippen LogP contribution in [0.4, 0.5) is 0 Å². The van der Waals surface area contributed by atoms with Crippen LogP contribution < -0.4 is 9.47 Å². The topological polar surface area (TPSA) is 65.1 Å². The van der Waals surface area contributed by atoms with Gasteiger partial charge in [-0.15, -0.1) is 0 Å². The molecule has 40 heavy (non-hydrogen) atoms. The highest BCUT2D eigenvalue weighted by atomic mass is 127. The molecule has 0 aromatic heterocycles. The number of ether oxygens (including phenoxy) is 3. The second-order valence-corrected chi connectivity index (χ2v) is 12.4. The maximum Gasteiger partial charge on any atom is 0.174 e. The van der Waals surface area contributed by atoms with Crippen LogP contribution in [0.3, 0.4) is 0 Å². The third kappa shape index (κ3) is 5.90. The van der Waals surface area contributed by atoms with E-state index in [4.69, 9.17) is 14.2 Å². The number of halogens is 2. The van der Waals surface area contributed by atoms with Gasteiger partial charge in [0.05, 0.1) is 10.2 Å². The van der Waals surface area contributed by atoms with Crippen molar-refractivity contribution in [3.63, 3.8) is 0 Å². The lowest BCUT2D eigenvalue weighted by atomic mass is 9.71. The summed E-state index contributed by atoms with van der Waals surface area (Å²) in [6.07, 6.45) is 5.24. The van der Waals surface area contributed by atoms with Gasteiger partial charge in [-0.25, -0.2) is 0 Å². The van der Waals surface area contributed by atoms with Crippen molar-refractivity contribution in [1.82, 2.24) is 4.90 Å².